The van der Waals surface area contributed by atoms with Gasteiger partial charge >= 0.3 is 0 Å². The van der Waals surface area contributed by atoms with Crippen molar-refractivity contribution >= 4 is 11.6 Å². The summed E-state index contributed by atoms with van der Waals surface area (Å²) < 4.78 is 0. The summed E-state index contributed by atoms with van der Waals surface area (Å²) in [5.74, 6) is 0. The van der Waals surface area contributed by atoms with Crippen molar-refractivity contribution in [3.8, 4) is 0 Å². The number of rotatable bonds is 9. The Morgan fingerprint density at radius 2 is 1.64 bits per heavy atom. The SMILES string of the molecule is C=C(Cl)/C=C\CCCCCCCCC. The van der Waals surface area contributed by atoms with E-state index in [9.17, 15) is 0 Å². The molecule has 0 aliphatic heterocycles. The van der Waals surface area contributed by atoms with Crippen LogP contribution in [0.25, 0.3) is 0 Å². The smallest absolute Gasteiger partial charge is 0.0331 e. The first-order valence-corrected chi connectivity index (χ1v) is 6.16. The summed E-state index contributed by atoms with van der Waals surface area (Å²) >= 11 is 5.59. The highest BCUT2D eigenvalue weighted by Crippen LogP contribution is 2.09. The topological polar surface area (TPSA) is 0 Å². The lowest BCUT2D eigenvalue weighted by Crippen LogP contribution is -1.78. The number of unbranched alkanes of at least 4 members (excludes halogenated alkanes) is 7. The third kappa shape index (κ3) is 11.8. The molecule has 0 nitrogen and oxygen atoms in total. The van der Waals surface area contributed by atoms with E-state index in [-0.39, 0.29) is 0 Å². The molecule has 14 heavy (non-hydrogen) atoms. The lowest BCUT2D eigenvalue weighted by Gasteiger charge is -1.98. The minimum Gasteiger partial charge on any atom is -0.0850 e. The van der Waals surface area contributed by atoms with E-state index in [0.717, 1.165) is 6.42 Å². The van der Waals surface area contributed by atoms with Crippen LogP contribution in [0.3, 0.4) is 0 Å². The van der Waals surface area contributed by atoms with Gasteiger partial charge in [-0.05, 0) is 18.9 Å². The third-order valence-corrected chi connectivity index (χ3v) is 2.40. The number of halogens is 1. The van der Waals surface area contributed by atoms with E-state index in [4.69, 9.17) is 11.6 Å². The number of hydrogen-bond donors (Lipinski definition) is 0. The van der Waals surface area contributed by atoms with Gasteiger partial charge in [-0.3, -0.25) is 0 Å². The molecule has 0 amide bonds. The van der Waals surface area contributed by atoms with Crippen LogP contribution in [0.2, 0.25) is 0 Å². The van der Waals surface area contributed by atoms with E-state index in [2.05, 4.69) is 19.6 Å². The first kappa shape index (κ1) is 13.8. The fraction of sp³-hybridized carbons (Fsp3) is 0.692. The van der Waals surface area contributed by atoms with Gasteiger partial charge in [-0.2, -0.15) is 0 Å². The highest BCUT2D eigenvalue weighted by Gasteiger charge is 1.89. The Bertz CT molecular complexity index is 159. The predicted octanol–water partition coefficient (Wildman–Crippen LogP) is 5.44. The van der Waals surface area contributed by atoms with Gasteiger partial charge in [0.25, 0.3) is 0 Å². The molecule has 0 saturated heterocycles. The molecule has 0 aromatic carbocycles. The normalized spacial score (nSPS) is 11.0. The molecule has 0 fully saturated rings. The molecule has 0 spiro atoms. The first-order chi connectivity index (χ1) is 6.77. The third-order valence-electron chi connectivity index (χ3n) is 2.27. The van der Waals surface area contributed by atoms with Crippen LogP contribution in [-0.2, 0) is 0 Å². The molecule has 0 radical (unpaired) electrons. The first-order valence-electron chi connectivity index (χ1n) is 5.78. The lowest BCUT2D eigenvalue weighted by atomic mass is 10.1. The molecular weight excluding hydrogens is 192 g/mol. The van der Waals surface area contributed by atoms with Crippen LogP contribution in [0, 0.1) is 0 Å². The molecule has 0 aromatic rings. The quantitative estimate of drug-likeness (QED) is 0.354. The maximum Gasteiger partial charge on any atom is 0.0331 e. The average molecular weight is 215 g/mol. The van der Waals surface area contributed by atoms with Gasteiger partial charge in [0.15, 0.2) is 0 Å². The van der Waals surface area contributed by atoms with Gasteiger partial charge in [-0.15, -0.1) is 0 Å². The minimum absolute atomic E-state index is 0.632. The molecule has 0 aromatic heterocycles. The summed E-state index contributed by atoms with van der Waals surface area (Å²) in [6, 6.07) is 0. The van der Waals surface area contributed by atoms with Crippen LogP contribution in [0.5, 0.6) is 0 Å². The van der Waals surface area contributed by atoms with Crippen molar-refractivity contribution in [1.29, 1.82) is 0 Å². The zero-order valence-corrected chi connectivity index (χ0v) is 10.2. The highest BCUT2D eigenvalue weighted by atomic mass is 35.5. The lowest BCUT2D eigenvalue weighted by molar-refractivity contribution is 0.592. The van der Waals surface area contributed by atoms with Crippen molar-refractivity contribution in [2.75, 3.05) is 0 Å². The molecular formula is C13H23Cl. The molecule has 0 rings (SSSR count). The van der Waals surface area contributed by atoms with Crippen LogP contribution in [0.15, 0.2) is 23.8 Å². The molecule has 1 heteroatoms. The highest BCUT2D eigenvalue weighted by molar-refractivity contribution is 6.30. The van der Waals surface area contributed by atoms with Crippen LogP contribution in [0.1, 0.15) is 58.3 Å². The van der Waals surface area contributed by atoms with Crippen molar-refractivity contribution in [3.63, 3.8) is 0 Å². The Morgan fingerprint density at radius 1 is 1.07 bits per heavy atom. The summed E-state index contributed by atoms with van der Waals surface area (Å²) in [6.45, 7) is 5.86. The van der Waals surface area contributed by atoms with Gasteiger partial charge in [-0.25, -0.2) is 0 Å². The fourth-order valence-electron chi connectivity index (χ4n) is 1.43. The van der Waals surface area contributed by atoms with E-state index in [1.54, 1.807) is 0 Å². The monoisotopic (exact) mass is 214 g/mol. The van der Waals surface area contributed by atoms with E-state index in [1.165, 1.54) is 44.9 Å². The van der Waals surface area contributed by atoms with Crippen LogP contribution in [-0.4, -0.2) is 0 Å². The second-order valence-electron chi connectivity index (χ2n) is 3.76. The fourth-order valence-corrected chi connectivity index (χ4v) is 1.52. The summed E-state index contributed by atoms with van der Waals surface area (Å²) in [5, 5.41) is 0.632. The van der Waals surface area contributed by atoms with Crippen LogP contribution in [0.4, 0.5) is 0 Å². The van der Waals surface area contributed by atoms with Crippen molar-refractivity contribution in [3.05, 3.63) is 23.8 Å². The molecule has 0 aliphatic rings. The second kappa shape index (κ2) is 10.8. The van der Waals surface area contributed by atoms with Gasteiger partial charge in [0, 0.05) is 5.03 Å². The summed E-state index contributed by atoms with van der Waals surface area (Å²) in [4.78, 5) is 0. The van der Waals surface area contributed by atoms with Crippen molar-refractivity contribution in [2.24, 2.45) is 0 Å². The standard InChI is InChI=1S/C13H23Cl/c1-3-4-5-6-7-8-9-10-11-12-13(2)14/h11-12H,2-10H2,1H3/b12-11-. The van der Waals surface area contributed by atoms with Crippen LogP contribution < -0.4 is 0 Å². The average Bonchev–Trinajstić information content (AvgIpc) is 2.15. The van der Waals surface area contributed by atoms with Gasteiger partial charge in [0.1, 0.15) is 0 Å². The molecule has 0 bridgehead atoms. The van der Waals surface area contributed by atoms with Crippen molar-refractivity contribution < 1.29 is 0 Å². The Kier molecular flexibility index (Phi) is 10.7. The Hall–Kier alpha value is -0.230. The molecule has 82 valence electrons. The maximum absolute atomic E-state index is 5.59. The molecule has 0 aliphatic carbocycles. The second-order valence-corrected chi connectivity index (χ2v) is 4.24. The molecule has 0 N–H and O–H groups in total. The van der Waals surface area contributed by atoms with Gasteiger partial charge < -0.3 is 0 Å². The summed E-state index contributed by atoms with van der Waals surface area (Å²) in [5.41, 5.74) is 0. The number of hydrogen-bond acceptors (Lipinski definition) is 0. The molecule has 0 saturated carbocycles. The van der Waals surface area contributed by atoms with Crippen molar-refractivity contribution in [2.45, 2.75) is 58.3 Å². The van der Waals surface area contributed by atoms with E-state index in [1.807, 2.05) is 6.08 Å². The Morgan fingerprint density at radius 3 is 2.21 bits per heavy atom. The van der Waals surface area contributed by atoms with E-state index >= 15 is 0 Å². The van der Waals surface area contributed by atoms with Gasteiger partial charge in [0.2, 0.25) is 0 Å². The molecule has 0 atom stereocenters. The van der Waals surface area contributed by atoms with Gasteiger partial charge in [-0.1, -0.05) is 69.7 Å². The Labute approximate surface area is 94.0 Å². The predicted molar refractivity (Wildman–Crippen MR) is 66.7 cm³/mol. The van der Waals surface area contributed by atoms with E-state index < -0.39 is 0 Å². The maximum atomic E-state index is 5.59. The minimum atomic E-state index is 0.632. The zero-order chi connectivity index (χ0) is 10.6. The Balaban J connectivity index is 3.02. The molecule has 0 unspecified atom stereocenters. The summed E-state index contributed by atoms with van der Waals surface area (Å²) in [6.07, 6.45) is 14.7. The number of allylic oxidation sites excluding steroid dienone is 3. The zero-order valence-electron chi connectivity index (χ0n) is 9.40. The van der Waals surface area contributed by atoms with E-state index in [0.29, 0.717) is 5.03 Å². The van der Waals surface area contributed by atoms with Gasteiger partial charge in [0.05, 0.1) is 0 Å². The molecule has 0 heterocycles. The van der Waals surface area contributed by atoms with Crippen molar-refractivity contribution in [1.82, 2.24) is 0 Å². The largest absolute Gasteiger partial charge is 0.0850 e. The van der Waals surface area contributed by atoms with Crippen LogP contribution >= 0.6 is 11.6 Å². The summed E-state index contributed by atoms with van der Waals surface area (Å²) in [7, 11) is 0.